The first-order chi connectivity index (χ1) is 7.72. The Labute approximate surface area is 98.8 Å². The minimum atomic E-state index is -0.0969. The maximum absolute atomic E-state index is 9.48. The zero-order chi connectivity index (χ0) is 12.0. The fraction of sp³-hybridized carbons (Fsp3) is 1.00. The molecule has 0 aliphatic heterocycles. The third-order valence-electron chi connectivity index (χ3n) is 3.21. The van der Waals surface area contributed by atoms with Gasteiger partial charge < -0.3 is 15.6 Å². The van der Waals surface area contributed by atoms with Gasteiger partial charge in [-0.2, -0.15) is 0 Å². The van der Waals surface area contributed by atoms with Crippen molar-refractivity contribution in [3.8, 4) is 0 Å². The lowest BCUT2D eigenvalue weighted by Crippen LogP contribution is -2.52. The highest BCUT2D eigenvalue weighted by atomic mass is 16.5. The number of hydrogen-bond donors (Lipinski definition) is 2. The van der Waals surface area contributed by atoms with Crippen LogP contribution in [0.5, 0.6) is 0 Å². The number of aliphatic hydroxyl groups excluding tert-OH is 1. The molecule has 0 heterocycles. The van der Waals surface area contributed by atoms with Crippen molar-refractivity contribution in [1.82, 2.24) is 4.90 Å². The van der Waals surface area contributed by atoms with Gasteiger partial charge in [-0.1, -0.05) is 6.92 Å². The van der Waals surface area contributed by atoms with Crippen LogP contribution in [0.1, 0.15) is 26.2 Å². The van der Waals surface area contributed by atoms with E-state index in [4.69, 9.17) is 10.5 Å². The number of methoxy groups -OCH3 is 1. The molecule has 0 bridgehead atoms. The lowest BCUT2D eigenvalue weighted by molar-refractivity contribution is 0.0674. The average Bonchev–Trinajstić information content (AvgIpc) is 3.03. The summed E-state index contributed by atoms with van der Waals surface area (Å²) in [5.41, 5.74) is 6.04. The number of hydrogen-bond acceptors (Lipinski definition) is 4. The molecule has 0 radical (unpaired) electrons. The van der Waals surface area contributed by atoms with Crippen LogP contribution >= 0.6 is 0 Å². The standard InChI is InChI=1S/C12H26N2O2/c1-3-6-14(7-10-4-5-10)12(8-15)11(13)9-16-2/h10-12,15H,3-9,13H2,1-2H3. The number of nitrogens with two attached hydrogens (primary N) is 1. The van der Waals surface area contributed by atoms with Crippen LogP contribution in [-0.2, 0) is 4.74 Å². The van der Waals surface area contributed by atoms with Crippen LogP contribution in [0.15, 0.2) is 0 Å². The van der Waals surface area contributed by atoms with E-state index in [1.807, 2.05) is 0 Å². The molecule has 0 aromatic heterocycles. The molecule has 0 aromatic carbocycles. The van der Waals surface area contributed by atoms with E-state index in [0.29, 0.717) is 6.61 Å². The lowest BCUT2D eigenvalue weighted by atomic mass is 10.1. The van der Waals surface area contributed by atoms with E-state index in [0.717, 1.165) is 25.4 Å². The zero-order valence-electron chi connectivity index (χ0n) is 10.6. The van der Waals surface area contributed by atoms with Gasteiger partial charge in [0.25, 0.3) is 0 Å². The molecule has 2 unspecified atom stereocenters. The summed E-state index contributed by atoms with van der Waals surface area (Å²) in [4.78, 5) is 2.33. The van der Waals surface area contributed by atoms with E-state index in [1.54, 1.807) is 7.11 Å². The first kappa shape index (κ1) is 13.9. The van der Waals surface area contributed by atoms with Crippen molar-refractivity contribution < 1.29 is 9.84 Å². The van der Waals surface area contributed by atoms with E-state index >= 15 is 0 Å². The summed E-state index contributed by atoms with van der Waals surface area (Å²) in [6.07, 6.45) is 3.76. The molecule has 0 saturated heterocycles. The summed E-state index contributed by atoms with van der Waals surface area (Å²) < 4.78 is 5.07. The van der Waals surface area contributed by atoms with Crippen LogP contribution in [0.4, 0.5) is 0 Å². The molecule has 0 amide bonds. The van der Waals surface area contributed by atoms with E-state index in [9.17, 15) is 5.11 Å². The van der Waals surface area contributed by atoms with Crippen molar-refractivity contribution in [2.45, 2.75) is 38.3 Å². The first-order valence-electron chi connectivity index (χ1n) is 6.32. The van der Waals surface area contributed by atoms with Crippen molar-refractivity contribution in [3.05, 3.63) is 0 Å². The van der Waals surface area contributed by atoms with E-state index in [1.165, 1.54) is 12.8 Å². The number of ether oxygens (including phenoxy) is 1. The van der Waals surface area contributed by atoms with Gasteiger partial charge in [0.2, 0.25) is 0 Å². The molecular formula is C12H26N2O2. The number of aliphatic hydroxyl groups is 1. The minimum Gasteiger partial charge on any atom is -0.395 e. The van der Waals surface area contributed by atoms with Crippen LogP contribution in [0, 0.1) is 5.92 Å². The Morgan fingerprint density at radius 3 is 2.62 bits per heavy atom. The minimum absolute atomic E-state index is 0.0421. The Morgan fingerprint density at radius 1 is 1.50 bits per heavy atom. The summed E-state index contributed by atoms with van der Waals surface area (Å²) in [6.45, 7) is 4.89. The van der Waals surface area contributed by atoms with Crippen LogP contribution in [0.25, 0.3) is 0 Å². The maximum Gasteiger partial charge on any atom is 0.0629 e. The second-order valence-electron chi connectivity index (χ2n) is 4.81. The van der Waals surface area contributed by atoms with E-state index in [2.05, 4.69) is 11.8 Å². The van der Waals surface area contributed by atoms with Crippen LogP contribution in [0.3, 0.4) is 0 Å². The van der Waals surface area contributed by atoms with Gasteiger partial charge in [-0.05, 0) is 31.7 Å². The highest BCUT2D eigenvalue weighted by Crippen LogP contribution is 2.30. The summed E-state index contributed by atoms with van der Waals surface area (Å²) in [7, 11) is 1.65. The topological polar surface area (TPSA) is 58.7 Å². The van der Waals surface area contributed by atoms with Crippen molar-refractivity contribution in [2.24, 2.45) is 11.7 Å². The average molecular weight is 230 g/mol. The fourth-order valence-corrected chi connectivity index (χ4v) is 2.14. The Morgan fingerprint density at radius 2 is 2.19 bits per heavy atom. The Hall–Kier alpha value is -0.160. The third-order valence-corrected chi connectivity index (χ3v) is 3.21. The van der Waals surface area contributed by atoms with Gasteiger partial charge in [0.05, 0.1) is 19.3 Å². The molecule has 2 atom stereocenters. The van der Waals surface area contributed by atoms with Crippen molar-refractivity contribution in [2.75, 3.05) is 33.4 Å². The molecule has 4 nitrogen and oxygen atoms in total. The van der Waals surface area contributed by atoms with Gasteiger partial charge in [0, 0.05) is 19.7 Å². The first-order valence-corrected chi connectivity index (χ1v) is 6.32. The maximum atomic E-state index is 9.48. The quantitative estimate of drug-likeness (QED) is 0.603. The molecule has 4 heteroatoms. The smallest absolute Gasteiger partial charge is 0.0629 e. The van der Waals surface area contributed by atoms with Crippen LogP contribution in [-0.4, -0.2) is 55.5 Å². The van der Waals surface area contributed by atoms with Crippen LogP contribution in [0.2, 0.25) is 0 Å². The molecule has 0 aromatic rings. The second-order valence-corrected chi connectivity index (χ2v) is 4.81. The van der Waals surface area contributed by atoms with Gasteiger partial charge in [0.15, 0.2) is 0 Å². The fourth-order valence-electron chi connectivity index (χ4n) is 2.14. The lowest BCUT2D eigenvalue weighted by Gasteiger charge is -2.34. The summed E-state index contributed by atoms with van der Waals surface area (Å²) in [5, 5.41) is 9.48. The van der Waals surface area contributed by atoms with Gasteiger partial charge in [-0.25, -0.2) is 0 Å². The summed E-state index contributed by atoms with van der Waals surface area (Å²) in [6, 6.07) is -0.0548. The van der Waals surface area contributed by atoms with Crippen molar-refractivity contribution in [1.29, 1.82) is 0 Å². The van der Waals surface area contributed by atoms with E-state index in [-0.39, 0.29) is 18.7 Å². The molecule has 96 valence electrons. The second kappa shape index (κ2) is 7.22. The Balaban J connectivity index is 2.48. The van der Waals surface area contributed by atoms with E-state index < -0.39 is 0 Å². The zero-order valence-corrected chi connectivity index (χ0v) is 10.6. The predicted octanol–water partition coefficient (Wildman–Crippen LogP) is 0.443. The third kappa shape index (κ3) is 4.37. The van der Waals surface area contributed by atoms with Gasteiger partial charge in [-0.3, -0.25) is 4.90 Å². The molecule has 16 heavy (non-hydrogen) atoms. The SMILES string of the molecule is CCCN(CC1CC1)C(CO)C(N)COC. The number of nitrogens with zero attached hydrogens (tertiary/aromatic N) is 1. The van der Waals surface area contributed by atoms with Gasteiger partial charge in [-0.15, -0.1) is 0 Å². The molecule has 1 saturated carbocycles. The van der Waals surface area contributed by atoms with Crippen molar-refractivity contribution >= 4 is 0 Å². The molecule has 0 spiro atoms. The summed E-state index contributed by atoms with van der Waals surface area (Å²) >= 11 is 0. The van der Waals surface area contributed by atoms with Crippen molar-refractivity contribution in [3.63, 3.8) is 0 Å². The monoisotopic (exact) mass is 230 g/mol. The highest BCUT2D eigenvalue weighted by molar-refractivity contribution is 4.86. The Bertz CT molecular complexity index is 186. The van der Waals surface area contributed by atoms with Crippen LogP contribution < -0.4 is 5.73 Å². The molecule has 3 N–H and O–H groups in total. The molecule has 1 aliphatic carbocycles. The Kier molecular flexibility index (Phi) is 6.28. The molecule has 1 fully saturated rings. The molecular weight excluding hydrogens is 204 g/mol. The molecule has 1 aliphatic rings. The predicted molar refractivity (Wildman–Crippen MR) is 65.3 cm³/mol. The van der Waals surface area contributed by atoms with Gasteiger partial charge >= 0.3 is 0 Å². The van der Waals surface area contributed by atoms with Gasteiger partial charge in [0.1, 0.15) is 0 Å². The summed E-state index contributed by atoms with van der Waals surface area (Å²) in [5.74, 6) is 0.829. The highest BCUT2D eigenvalue weighted by Gasteiger charge is 2.30. The number of rotatable bonds is 9. The molecule has 1 rings (SSSR count). The largest absolute Gasteiger partial charge is 0.395 e. The normalized spacial score (nSPS) is 20.1.